The number of carboxylic acids is 1. The summed E-state index contributed by atoms with van der Waals surface area (Å²) in [6.45, 7) is 1.21. The standard InChI is InChI=1S/C16H16O4/c1-16(20,15(18)19)13-9-5-8-12(10-13)14(17)11-6-3-2-4-7-11/h2-10,14,17,20H,1H3,(H,18,19). The minimum absolute atomic E-state index is 0.234. The van der Waals surface area contributed by atoms with Gasteiger partial charge in [-0.15, -0.1) is 0 Å². The summed E-state index contributed by atoms with van der Waals surface area (Å²) in [5, 5.41) is 29.3. The van der Waals surface area contributed by atoms with E-state index in [9.17, 15) is 15.0 Å². The van der Waals surface area contributed by atoms with Crippen LogP contribution in [0.25, 0.3) is 0 Å². The summed E-state index contributed by atoms with van der Waals surface area (Å²) in [6.07, 6.45) is -0.860. The van der Waals surface area contributed by atoms with E-state index < -0.39 is 17.7 Å². The summed E-state index contributed by atoms with van der Waals surface area (Å²) < 4.78 is 0. The molecule has 4 heteroatoms. The van der Waals surface area contributed by atoms with E-state index in [-0.39, 0.29) is 5.56 Å². The van der Waals surface area contributed by atoms with E-state index in [2.05, 4.69) is 0 Å². The number of carbonyl (C=O) groups is 1. The van der Waals surface area contributed by atoms with Gasteiger partial charge in [-0.3, -0.25) is 0 Å². The van der Waals surface area contributed by atoms with Crippen LogP contribution in [0.15, 0.2) is 54.6 Å². The lowest BCUT2D eigenvalue weighted by Gasteiger charge is -2.20. The molecule has 0 spiro atoms. The van der Waals surface area contributed by atoms with Crippen molar-refractivity contribution in [2.24, 2.45) is 0 Å². The molecule has 0 aromatic heterocycles. The van der Waals surface area contributed by atoms with Crippen LogP contribution in [0.1, 0.15) is 29.7 Å². The first-order valence-electron chi connectivity index (χ1n) is 6.22. The summed E-state index contributed by atoms with van der Waals surface area (Å²) in [5.41, 5.74) is -0.501. The van der Waals surface area contributed by atoms with Crippen LogP contribution in [-0.4, -0.2) is 21.3 Å². The molecule has 2 aromatic rings. The molecule has 2 rings (SSSR count). The van der Waals surface area contributed by atoms with Crippen molar-refractivity contribution < 1.29 is 20.1 Å². The summed E-state index contributed by atoms with van der Waals surface area (Å²) in [6, 6.07) is 15.4. The molecule has 0 saturated carbocycles. The number of benzene rings is 2. The Hall–Kier alpha value is -2.17. The van der Waals surface area contributed by atoms with Gasteiger partial charge in [0, 0.05) is 0 Å². The SMILES string of the molecule is CC(O)(C(=O)O)c1cccc(C(O)c2ccccc2)c1. The molecule has 0 radical (unpaired) electrons. The molecular formula is C16H16O4. The molecule has 0 heterocycles. The lowest BCUT2D eigenvalue weighted by Crippen LogP contribution is -2.31. The van der Waals surface area contributed by atoms with Crippen LogP contribution in [0, 0.1) is 0 Å². The minimum Gasteiger partial charge on any atom is -0.479 e. The van der Waals surface area contributed by atoms with Crippen molar-refractivity contribution >= 4 is 5.97 Å². The van der Waals surface area contributed by atoms with Crippen LogP contribution in [0.4, 0.5) is 0 Å². The molecule has 2 unspecified atom stereocenters. The largest absolute Gasteiger partial charge is 0.479 e. The molecule has 3 N–H and O–H groups in total. The van der Waals surface area contributed by atoms with E-state index >= 15 is 0 Å². The molecule has 104 valence electrons. The fourth-order valence-electron chi connectivity index (χ4n) is 1.96. The second-order valence-corrected chi connectivity index (χ2v) is 4.82. The Kier molecular flexibility index (Phi) is 3.88. The van der Waals surface area contributed by atoms with Crippen molar-refractivity contribution in [3.63, 3.8) is 0 Å². The molecule has 2 atom stereocenters. The van der Waals surface area contributed by atoms with Crippen molar-refractivity contribution in [3.8, 4) is 0 Å². The fourth-order valence-corrected chi connectivity index (χ4v) is 1.96. The molecule has 0 aliphatic heterocycles. The lowest BCUT2D eigenvalue weighted by atomic mass is 9.92. The van der Waals surface area contributed by atoms with E-state index in [1.807, 2.05) is 18.2 Å². The topological polar surface area (TPSA) is 77.8 Å². The highest BCUT2D eigenvalue weighted by Crippen LogP contribution is 2.27. The van der Waals surface area contributed by atoms with Crippen LogP contribution in [0.3, 0.4) is 0 Å². The number of rotatable bonds is 4. The first-order valence-corrected chi connectivity index (χ1v) is 6.22. The molecule has 0 saturated heterocycles. The van der Waals surface area contributed by atoms with Crippen LogP contribution < -0.4 is 0 Å². The van der Waals surface area contributed by atoms with Crippen molar-refractivity contribution in [3.05, 3.63) is 71.3 Å². The Balaban J connectivity index is 2.38. The number of aliphatic hydroxyl groups excluding tert-OH is 1. The molecular weight excluding hydrogens is 256 g/mol. The molecule has 0 fully saturated rings. The predicted octanol–water partition coefficient (Wildman–Crippen LogP) is 2.06. The molecule has 0 aliphatic rings. The van der Waals surface area contributed by atoms with Crippen LogP contribution in [0.2, 0.25) is 0 Å². The molecule has 4 nitrogen and oxygen atoms in total. The normalized spacial score (nSPS) is 15.3. The van der Waals surface area contributed by atoms with Crippen LogP contribution in [-0.2, 0) is 10.4 Å². The maximum Gasteiger partial charge on any atom is 0.340 e. The Bertz CT molecular complexity index is 605. The monoisotopic (exact) mass is 272 g/mol. The average Bonchev–Trinajstić information content (AvgIpc) is 2.47. The highest BCUT2D eigenvalue weighted by molar-refractivity contribution is 5.78. The number of aliphatic hydroxyl groups is 2. The second-order valence-electron chi connectivity index (χ2n) is 4.82. The molecule has 0 amide bonds. The van der Waals surface area contributed by atoms with Crippen molar-refractivity contribution in [2.45, 2.75) is 18.6 Å². The van der Waals surface area contributed by atoms with Gasteiger partial charge >= 0.3 is 5.97 Å². The van der Waals surface area contributed by atoms with Gasteiger partial charge in [0.05, 0.1) is 0 Å². The summed E-state index contributed by atoms with van der Waals surface area (Å²) in [7, 11) is 0. The van der Waals surface area contributed by atoms with Gasteiger partial charge in [-0.2, -0.15) is 0 Å². The van der Waals surface area contributed by atoms with Crippen LogP contribution in [0.5, 0.6) is 0 Å². The van der Waals surface area contributed by atoms with Crippen molar-refractivity contribution in [1.29, 1.82) is 0 Å². The zero-order valence-corrected chi connectivity index (χ0v) is 11.0. The zero-order valence-electron chi connectivity index (χ0n) is 11.0. The van der Waals surface area contributed by atoms with Gasteiger partial charge in [-0.25, -0.2) is 4.79 Å². The summed E-state index contributed by atoms with van der Waals surface area (Å²) >= 11 is 0. The molecule has 0 aliphatic carbocycles. The fraction of sp³-hybridized carbons (Fsp3) is 0.188. The van der Waals surface area contributed by atoms with Gasteiger partial charge in [-0.1, -0.05) is 48.5 Å². The van der Waals surface area contributed by atoms with Gasteiger partial charge in [0.15, 0.2) is 5.60 Å². The Morgan fingerprint density at radius 1 is 1.05 bits per heavy atom. The summed E-state index contributed by atoms with van der Waals surface area (Å²) in [4.78, 5) is 11.1. The first-order chi connectivity index (χ1) is 9.43. The number of hydrogen-bond donors (Lipinski definition) is 3. The van der Waals surface area contributed by atoms with Crippen molar-refractivity contribution in [2.75, 3.05) is 0 Å². The quantitative estimate of drug-likeness (QED) is 0.796. The highest BCUT2D eigenvalue weighted by Gasteiger charge is 2.32. The third kappa shape index (κ3) is 2.71. The third-order valence-electron chi connectivity index (χ3n) is 3.30. The van der Waals surface area contributed by atoms with E-state index in [0.717, 1.165) is 0 Å². The Morgan fingerprint density at radius 3 is 2.25 bits per heavy atom. The number of hydrogen-bond acceptors (Lipinski definition) is 3. The lowest BCUT2D eigenvalue weighted by molar-refractivity contribution is -0.157. The second kappa shape index (κ2) is 5.45. The Labute approximate surface area is 116 Å². The predicted molar refractivity (Wildman–Crippen MR) is 74.2 cm³/mol. The zero-order chi connectivity index (χ0) is 14.8. The summed E-state index contributed by atoms with van der Waals surface area (Å²) in [5.74, 6) is -1.33. The molecule has 0 bridgehead atoms. The van der Waals surface area contributed by atoms with Gasteiger partial charge in [0.1, 0.15) is 6.10 Å². The number of carboxylic acid groups (broad SMARTS) is 1. The first kappa shape index (κ1) is 14.2. The van der Waals surface area contributed by atoms with E-state index in [1.165, 1.54) is 19.1 Å². The highest BCUT2D eigenvalue weighted by atomic mass is 16.4. The maximum atomic E-state index is 11.1. The van der Waals surface area contributed by atoms with Crippen LogP contribution >= 0.6 is 0 Å². The van der Waals surface area contributed by atoms with Gasteiger partial charge < -0.3 is 15.3 Å². The maximum absolute atomic E-state index is 11.1. The Morgan fingerprint density at radius 2 is 1.65 bits per heavy atom. The van der Waals surface area contributed by atoms with E-state index in [0.29, 0.717) is 11.1 Å². The van der Waals surface area contributed by atoms with Crippen molar-refractivity contribution in [1.82, 2.24) is 0 Å². The van der Waals surface area contributed by atoms with Gasteiger partial charge in [-0.05, 0) is 29.7 Å². The van der Waals surface area contributed by atoms with E-state index in [4.69, 9.17) is 5.11 Å². The third-order valence-corrected chi connectivity index (χ3v) is 3.30. The molecule has 20 heavy (non-hydrogen) atoms. The van der Waals surface area contributed by atoms with E-state index in [1.54, 1.807) is 24.3 Å². The number of aliphatic carboxylic acids is 1. The average molecular weight is 272 g/mol. The van der Waals surface area contributed by atoms with Gasteiger partial charge in [0.25, 0.3) is 0 Å². The van der Waals surface area contributed by atoms with Gasteiger partial charge in [0.2, 0.25) is 0 Å². The minimum atomic E-state index is -1.98. The smallest absolute Gasteiger partial charge is 0.340 e. The molecule has 2 aromatic carbocycles.